The Bertz CT molecular complexity index is 2010. The predicted molar refractivity (Wildman–Crippen MR) is 187 cm³/mol. The molecular formula is C37H35FN5O7P. The van der Waals surface area contributed by atoms with Gasteiger partial charge in [-0.05, 0) is 34.4 Å². The SMILES string of the molecule is COc1ccc(CO[C@@H]2[C@@H](F)[C@@H](COP(=O)(O)O)O[C@H]2n2cnc3c(NC(c4ccccc4)(c4ccccc4)c4ccccc4)ncnc32)cc1. The lowest BCUT2D eigenvalue weighted by Crippen LogP contribution is -2.38. The molecule has 0 radical (unpaired) electrons. The Labute approximate surface area is 293 Å². The van der Waals surface area contributed by atoms with E-state index >= 15 is 4.39 Å². The quantitative estimate of drug-likeness (QED) is 0.0933. The van der Waals surface area contributed by atoms with Gasteiger partial charge >= 0.3 is 7.82 Å². The van der Waals surface area contributed by atoms with Crippen molar-refractivity contribution in [3.8, 4) is 5.75 Å². The van der Waals surface area contributed by atoms with Gasteiger partial charge in [-0.1, -0.05) is 103 Å². The highest BCUT2D eigenvalue weighted by Crippen LogP contribution is 2.43. The van der Waals surface area contributed by atoms with Gasteiger partial charge < -0.3 is 29.3 Å². The molecular weight excluding hydrogens is 676 g/mol. The number of imidazole rings is 1. The van der Waals surface area contributed by atoms with E-state index in [1.54, 1.807) is 35.9 Å². The fourth-order valence-electron chi connectivity index (χ4n) is 6.40. The molecule has 3 N–H and O–H groups in total. The molecule has 12 nitrogen and oxygen atoms in total. The van der Waals surface area contributed by atoms with Gasteiger partial charge in [0.05, 0.1) is 26.7 Å². The van der Waals surface area contributed by atoms with Gasteiger partial charge in [0.2, 0.25) is 0 Å². The van der Waals surface area contributed by atoms with Crippen molar-refractivity contribution >= 4 is 24.8 Å². The van der Waals surface area contributed by atoms with Gasteiger partial charge in [0.15, 0.2) is 29.4 Å². The Morgan fingerprint density at radius 3 is 2.00 bits per heavy atom. The molecule has 4 atom stereocenters. The van der Waals surface area contributed by atoms with Crippen molar-refractivity contribution in [2.75, 3.05) is 19.0 Å². The largest absolute Gasteiger partial charge is 0.497 e. The molecule has 0 bridgehead atoms. The molecule has 1 saturated heterocycles. The van der Waals surface area contributed by atoms with E-state index in [0.29, 0.717) is 22.7 Å². The highest BCUT2D eigenvalue weighted by Gasteiger charge is 2.48. The second-order valence-electron chi connectivity index (χ2n) is 11.9. The minimum atomic E-state index is -4.91. The maximum absolute atomic E-state index is 16.1. The molecule has 14 heteroatoms. The maximum Gasteiger partial charge on any atom is 0.469 e. The predicted octanol–water partition coefficient (Wildman–Crippen LogP) is 6.17. The molecule has 7 rings (SSSR count). The van der Waals surface area contributed by atoms with E-state index < -0.39 is 44.6 Å². The topological polar surface area (TPSA) is 150 Å². The van der Waals surface area contributed by atoms with E-state index in [-0.39, 0.29) is 6.61 Å². The molecule has 0 spiro atoms. The van der Waals surface area contributed by atoms with Gasteiger partial charge in [0, 0.05) is 0 Å². The van der Waals surface area contributed by atoms with Crippen LogP contribution in [0.15, 0.2) is 128 Å². The van der Waals surface area contributed by atoms with Gasteiger partial charge in [0.1, 0.15) is 29.8 Å². The molecule has 3 heterocycles. The van der Waals surface area contributed by atoms with Crippen LogP contribution in [0.1, 0.15) is 28.5 Å². The first-order valence-corrected chi connectivity index (χ1v) is 17.7. The monoisotopic (exact) mass is 711 g/mol. The average molecular weight is 712 g/mol. The average Bonchev–Trinajstić information content (AvgIpc) is 3.73. The third-order valence-corrected chi connectivity index (χ3v) is 9.32. The molecule has 0 aliphatic carbocycles. The first-order chi connectivity index (χ1) is 24.8. The van der Waals surface area contributed by atoms with E-state index in [1.807, 2.05) is 91.0 Å². The summed E-state index contributed by atoms with van der Waals surface area (Å²) in [5.74, 6) is 1.06. The van der Waals surface area contributed by atoms with E-state index in [1.165, 1.54) is 12.7 Å². The Balaban J connectivity index is 1.28. The molecule has 6 aromatic rings. The first-order valence-electron chi connectivity index (χ1n) is 16.1. The molecule has 0 amide bonds. The van der Waals surface area contributed by atoms with Crippen LogP contribution in [-0.2, 0) is 30.7 Å². The molecule has 1 aliphatic rings. The minimum Gasteiger partial charge on any atom is -0.497 e. The van der Waals surface area contributed by atoms with Crippen LogP contribution in [-0.4, -0.2) is 61.4 Å². The summed E-state index contributed by atoms with van der Waals surface area (Å²) >= 11 is 0. The molecule has 4 aromatic carbocycles. The molecule has 262 valence electrons. The number of benzene rings is 4. The van der Waals surface area contributed by atoms with Crippen LogP contribution in [0.4, 0.5) is 10.2 Å². The normalized spacial score (nSPS) is 19.3. The Morgan fingerprint density at radius 1 is 0.863 bits per heavy atom. The number of rotatable bonds is 13. The third-order valence-electron chi connectivity index (χ3n) is 8.83. The van der Waals surface area contributed by atoms with Gasteiger partial charge in [0.25, 0.3) is 0 Å². The fourth-order valence-corrected chi connectivity index (χ4v) is 6.74. The number of phosphoric ester groups is 1. The standard InChI is InChI=1S/C37H35FN5O7P/c1-47-29-19-17-25(18-20-29)21-48-33-31(38)30(22-49-51(44,45)46)50-36(33)43-24-41-32-34(39-23-40-35(32)43)42-37(26-11-5-2-6-12-26,27-13-7-3-8-14-27)28-15-9-4-10-16-28/h2-20,23-24,30-31,33,36H,21-22H2,1H3,(H,39,40,42)(H2,44,45,46)/t30-,31+,33-,36-/m1/s1. The summed E-state index contributed by atoms with van der Waals surface area (Å²) in [4.78, 5) is 32.5. The number of anilines is 1. The smallest absolute Gasteiger partial charge is 0.469 e. The maximum atomic E-state index is 16.1. The summed E-state index contributed by atoms with van der Waals surface area (Å²) in [5.41, 5.74) is 3.39. The van der Waals surface area contributed by atoms with E-state index in [2.05, 4.69) is 24.8 Å². The zero-order chi connectivity index (χ0) is 35.4. The van der Waals surface area contributed by atoms with Crippen molar-refractivity contribution in [1.82, 2.24) is 19.5 Å². The summed E-state index contributed by atoms with van der Waals surface area (Å²) in [7, 11) is -3.35. The van der Waals surface area contributed by atoms with Crippen LogP contribution in [0, 0.1) is 0 Å². The van der Waals surface area contributed by atoms with Crippen molar-refractivity contribution in [2.45, 2.75) is 36.8 Å². The number of phosphoric acid groups is 1. The van der Waals surface area contributed by atoms with Gasteiger partial charge in [-0.25, -0.2) is 23.9 Å². The Hall–Kier alpha value is -5.01. The molecule has 1 aliphatic heterocycles. The second kappa shape index (κ2) is 14.7. The lowest BCUT2D eigenvalue weighted by Gasteiger charge is -2.37. The van der Waals surface area contributed by atoms with Crippen LogP contribution < -0.4 is 10.1 Å². The van der Waals surface area contributed by atoms with E-state index in [4.69, 9.17) is 14.2 Å². The van der Waals surface area contributed by atoms with Gasteiger partial charge in [-0.2, -0.15) is 0 Å². The van der Waals surface area contributed by atoms with Gasteiger partial charge in [-0.3, -0.25) is 9.09 Å². The number of hydrogen-bond acceptors (Lipinski definition) is 9. The van der Waals surface area contributed by atoms with Crippen molar-refractivity contribution in [3.63, 3.8) is 0 Å². The molecule has 0 saturated carbocycles. The summed E-state index contributed by atoms with van der Waals surface area (Å²) in [5, 5.41) is 3.72. The Kier molecular flexibility index (Phi) is 9.92. The molecule has 2 aromatic heterocycles. The van der Waals surface area contributed by atoms with Crippen LogP contribution in [0.2, 0.25) is 0 Å². The zero-order valence-corrected chi connectivity index (χ0v) is 28.3. The molecule has 1 fully saturated rings. The van der Waals surface area contributed by atoms with Crippen molar-refractivity contribution in [3.05, 3.63) is 150 Å². The number of halogens is 1. The van der Waals surface area contributed by atoms with Crippen LogP contribution in [0.3, 0.4) is 0 Å². The number of alkyl halides is 1. The number of fused-ring (bicyclic) bond motifs is 1. The number of methoxy groups -OCH3 is 1. The minimum absolute atomic E-state index is 0.0170. The van der Waals surface area contributed by atoms with Crippen LogP contribution >= 0.6 is 7.82 Å². The number of hydrogen-bond donors (Lipinski definition) is 3. The number of ether oxygens (including phenoxy) is 3. The molecule has 0 unspecified atom stereocenters. The number of nitrogens with zero attached hydrogens (tertiary/aromatic N) is 4. The lowest BCUT2D eigenvalue weighted by molar-refractivity contribution is -0.0737. The lowest BCUT2D eigenvalue weighted by atomic mass is 9.77. The van der Waals surface area contributed by atoms with Crippen molar-refractivity contribution in [1.29, 1.82) is 0 Å². The van der Waals surface area contributed by atoms with Gasteiger partial charge in [-0.15, -0.1) is 0 Å². The Morgan fingerprint density at radius 2 is 1.45 bits per heavy atom. The molecule has 51 heavy (non-hydrogen) atoms. The summed E-state index contributed by atoms with van der Waals surface area (Å²) in [6.45, 7) is -0.685. The highest BCUT2D eigenvalue weighted by molar-refractivity contribution is 7.46. The fraction of sp³-hybridized carbons (Fsp3) is 0.216. The van der Waals surface area contributed by atoms with E-state index in [0.717, 1.165) is 22.3 Å². The number of aromatic nitrogens is 4. The number of nitrogens with one attached hydrogen (secondary N) is 1. The highest BCUT2D eigenvalue weighted by atomic mass is 31.2. The second-order valence-corrected chi connectivity index (χ2v) is 13.2. The summed E-state index contributed by atoms with van der Waals surface area (Å²) < 4.78 is 51.2. The van der Waals surface area contributed by atoms with Crippen LogP contribution in [0.25, 0.3) is 11.2 Å². The van der Waals surface area contributed by atoms with Crippen LogP contribution in [0.5, 0.6) is 5.75 Å². The van der Waals surface area contributed by atoms with Crippen molar-refractivity contribution in [2.24, 2.45) is 0 Å². The zero-order valence-electron chi connectivity index (χ0n) is 27.4. The third kappa shape index (κ3) is 7.13. The first kappa shape index (κ1) is 34.4. The van der Waals surface area contributed by atoms with E-state index in [9.17, 15) is 14.4 Å². The summed E-state index contributed by atoms with van der Waals surface area (Å²) in [6.07, 6.45) is -2.68. The van der Waals surface area contributed by atoms with Crippen molar-refractivity contribution < 1.29 is 37.5 Å². The summed E-state index contributed by atoms with van der Waals surface area (Å²) in [6, 6.07) is 37.1.